The molecule has 24 heavy (non-hydrogen) atoms. The number of rotatable bonds is 6. The molecule has 4 heteroatoms. The number of carbonyl (C=O) groups is 2. The summed E-state index contributed by atoms with van der Waals surface area (Å²) in [4.78, 5) is 26.7. The van der Waals surface area contributed by atoms with Crippen LogP contribution in [0.15, 0.2) is 30.3 Å². The number of nitrogens with one attached hydrogen (secondary N) is 1. The van der Waals surface area contributed by atoms with Crippen molar-refractivity contribution < 1.29 is 9.59 Å². The highest BCUT2D eigenvalue weighted by atomic mass is 16.2. The molecule has 1 heterocycles. The molecule has 0 saturated carbocycles. The topological polar surface area (TPSA) is 49.4 Å². The average Bonchev–Trinajstić information content (AvgIpc) is 2.56. The highest BCUT2D eigenvalue weighted by Crippen LogP contribution is 2.21. The number of hydrogen-bond donors (Lipinski definition) is 1. The Hall–Kier alpha value is -1.84. The van der Waals surface area contributed by atoms with E-state index in [4.69, 9.17) is 0 Å². The van der Waals surface area contributed by atoms with Crippen molar-refractivity contribution in [3.63, 3.8) is 0 Å². The third kappa shape index (κ3) is 5.08. The molecule has 2 rings (SSSR count). The first-order chi connectivity index (χ1) is 11.5. The van der Waals surface area contributed by atoms with Gasteiger partial charge in [-0.2, -0.15) is 0 Å². The Balaban J connectivity index is 1.84. The summed E-state index contributed by atoms with van der Waals surface area (Å²) in [6.07, 6.45) is 3.10. The van der Waals surface area contributed by atoms with Gasteiger partial charge in [-0.1, -0.05) is 51.1 Å². The Bertz CT molecular complexity index is 534. The third-order valence-corrected chi connectivity index (χ3v) is 4.70. The van der Waals surface area contributed by atoms with E-state index in [-0.39, 0.29) is 23.8 Å². The van der Waals surface area contributed by atoms with E-state index in [2.05, 4.69) is 19.2 Å². The van der Waals surface area contributed by atoms with E-state index in [1.807, 2.05) is 42.2 Å². The predicted molar refractivity (Wildman–Crippen MR) is 96.7 cm³/mol. The number of piperidine rings is 1. The van der Waals surface area contributed by atoms with Gasteiger partial charge in [-0.15, -0.1) is 0 Å². The molecule has 0 bridgehead atoms. The second-order valence-electron chi connectivity index (χ2n) is 7.13. The van der Waals surface area contributed by atoms with E-state index in [1.165, 1.54) is 0 Å². The standard InChI is InChI=1S/C20H30N2O2/c1-4-18(16-8-6-5-7-9-16)20(24)21-17-10-12-22(13-11-17)19(23)14-15(2)3/h5-9,15,17-18H,4,10-14H2,1-3H3,(H,21,24)/t18-/m1/s1. The highest BCUT2D eigenvalue weighted by molar-refractivity contribution is 5.84. The van der Waals surface area contributed by atoms with Crippen molar-refractivity contribution >= 4 is 11.8 Å². The summed E-state index contributed by atoms with van der Waals surface area (Å²) in [6, 6.07) is 10.1. The Labute approximate surface area is 145 Å². The molecule has 0 aliphatic carbocycles. The summed E-state index contributed by atoms with van der Waals surface area (Å²) in [5, 5.41) is 3.19. The summed E-state index contributed by atoms with van der Waals surface area (Å²) in [5.74, 6) is 0.652. The third-order valence-electron chi connectivity index (χ3n) is 4.70. The molecule has 0 spiro atoms. The lowest BCUT2D eigenvalue weighted by molar-refractivity contribution is -0.133. The Morgan fingerprint density at radius 3 is 2.33 bits per heavy atom. The van der Waals surface area contributed by atoms with Gasteiger partial charge in [0.25, 0.3) is 0 Å². The van der Waals surface area contributed by atoms with Crippen LogP contribution in [0.1, 0.15) is 57.9 Å². The monoisotopic (exact) mass is 330 g/mol. The van der Waals surface area contributed by atoms with E-state index in [0.717, 1.165) is 37.9 Å². The van der Waals surface area contributed by atoms with Gasteiger partial charge < -0.3 is 10.2 Å². The number of likely N-dealkylation sites (tertiary alicyclic amines) is 1. The maximum absolute atomic E-state index is 12.6. The van der Waals surface area contributed by atoms with Crippen LogP contribution in [0.2, 0.25) is 0 Å². The quantitative estimate of drug-likeness (QED) is 0.870. The Morgan fingerprint density at radius 1 is 1.17 bits per heavy atom. The fourth-order valence-corrected chi connectivity index (χ4v) is 3.31. The van der Waals surface area contributed by atoms with Crippen LogP contribution in [0, 0.1) is 5.92 Å². The van der Waals surface area contributed by atoms with Gasteiger partial charge in [-0.05, 0) is 30.7 Å². The van der Waals surface area contributed by atoms with Crippen LogP contribution in [0.25, 0.3) is 0 Å². The summed E-state index contributed by atoms with van der Waals surface area (Å²) in [7, 11) is 0. The molecule has 4 nitrogen and oxygen atoms in total. The SMILES string of the molecule is CC[C@@H](C(=O)NC1CCN(C(=O)CC(C)C)CC1)c1ccccc1. The molecule has 0 radical (unpaired) electrons. The number of amides is 2. The lowest BCUT2D eigenvalue weighted by atomic mass is 9.94. The van der Waals surface area contributed by atoms with Crippen LogP contribution < -0.4 is 5.32 Å². The van der Waals surface area contributed by atoms with Gasteiger partial charge in [-0.25, -0.2) is 0 Å². The molecule has 1 saturated heterocycles. The average molecular weight is 330 g/mol. The van der Waals surface area contributed by atoms with Crippen LogP contribution in [0.5, 0.6) is 0 Å². The summed E-state index contributed by atoms with van der Waals surface area (Å²) >= 11 is 0. The molecule has 2 amide bonds. The maximum Gasteiger partial charge on any atom is 0.227 e. The van der Waals surface area contributed by atoms with Crippen LogP contribution >= 0.6 is 0 Å². The van der Waals surface area contributed by atoms with Gasteiger partial charge in [0, 0.05) is 25.6 Å². The molecular formula is C20H30N2O2. The molecule has 1 aliphatic heterocycles. The lowest BCUT2D eigenvalue weighted by Crippen LogP contribution is -2.47. The Kier molecular flexibility index (Phi) is 6.83. The van der Waals surface area contributed by atoms with Gasteiger partial charge in [0.05, 0.1) is 5.92 Å². The lowest BCUT2D eigenvalue weighted by Gasteiger charge is -2.33. The number of hydrogen-bond acceptors (Lipinski definition) is 2. The zero-order chi connectivity index (χ0) is 17.5. The molecular weight excluding hydrogens is 300 g/mol. The van der Waals surface area contributed by atoms with Crippen molar-refractivity contribution in [3.8, 4) is 0 Å². The fourth-order valence-electron chi connectivity index (χ4n) is 3.31. The molecule has 0 aromatic heterocycles. The number of benzene rings is 1. The minimum atomic E-state index is -0.0909. The van der Waals surface area contributed by atoms with E-state index >= 15 is 0 Å². The van der Waals surface area contributed by atoms with Gasteiger partial charge in [-0.3, -0.25) is 9.59 Å². The van der Waals surface area contributed by atoms with Crippen molar-refractivity contribution in [1.82, 2.24) is 10.2 Å². The van der Waals surface area contributed by atoms with E-state index in [0.29, 0.717) is 12.3 Å². The second-order valence-corrected chi connectivity index (χ2v) is 7.13. The van der Waals surface area contributed by atoms with Crippen LogP contribution in [-0.4, -0.2) is 35.8 Å². The first-order valence-electron chi connectivity index (χ1n) is 9.14. The maximum atomic E-state index is 12.6. The minimum Gasteiger partial charge on any atom is -0.353 e. The van der Waals surface area contributed by atoms with E-state index in [9.17, 15) is 9.59 Å². The first-order valence-corrected chi connectivity index (χ1v) is 9.14. The van der Waals surface area contributed by atoms with Gasteiger partial charge in [0.15, 0.2) is 0 Å². The molecule has 132 valence electrons. The zero-order valence-corrected chi connectivity index (χ0v) is 15.1. The van der Waals surface area contributed by atoms with E-state index < -0.39 is 0 Å². The highest BCUT2D eigenvalue weighted by Gasteiger charge is 2.26. The predicted octanol–water partition coefficient (Wildman–Crippen LogP) is 3.33. The molecule has 1 aromatic carbocycles. The van der Waals surface area contributed by atoms with Crippen LogP contribution in [0.3, 0.4) is 0 Å². The first kappa shape index (κ1) is 18.5. The minimum absolute atomic E-state index is 0.0909. The second kappa shape index (κ2) is 8.86. The molecule has 1 atom stereocenters. The van der Waals surface area contributed by atoms with Crippen molar-refractivity contribution in [2.45, 2.75) is 58.4 Å². The summed E-state index contributed by atoms with van der Waals surface area (Å²) in [5.41, 5.74) is 1.07. The van der Waals surface area contributed by atoms with Gasteiger partial charge in [0.1, 0.15) is 0 Å². The molecule has 1 fully saturated rings. The van der Waals surface area contributed by atoms with Crippen molar-refractivity contribution in [2.75, 3.05) is 13.1 Å². The van der Waals surface area contributed by atoms with Crippen LogP contribution in [-0.2, 0) is 9.59 Å². The van der Waals surface area contributed by atoms with Gasteiger partial charge >= 0.3 is 0 Å². The molecule has 0 unspecified atom stereocenters. The normalized spacial score (nSPS) is 16.9. The molecule has 1 aromatic rings. The van der Waals surface area contributed by atoms with E-state index in [1.54, 1.807) is 0 Å². The Morgan fingerprint density at radius 2 is 1.79 bits per heavy atom. The smallest absolute Gasteiger partial charge is 0.227 e. The van der Waals surface area contributed by atoms with Crippen molar-refractivity contribution in [1.29, 1.82) is 0 Å². The van der Waals surface area contributed by atoms with Crippen molar-refractivity contribution in [3.05, 3.63) is 35.9 Å². The number of nitrogens with zero attached hydrogens (tertiary/aromatic N) is 1. The van der Waals surface area contributed by atoms with Crippen molar-refractivity contribution in [2.24, 2.45) is 5.92 Å². The number of carbonyl (C=O) groups excluding carboxylic acids is 2. The zero-order valence-electron chi connectivity index (χ0n) is 15.1. The largest absolute Gasteiger partial charge is 0.353 e. The molecule has 1 N–H and O–H groups in total. The summed E-state index contributed by atoms with van der Waals surface area (Å²) < 4.78 is 0. The van der Waals surface area contributed by atoms with Crippen LogP contribution in [0.4, 0.5) is 0 Å². The molecule has 1 aliphatic rings. The fraction of sp³-hybridized carbons (Fsp3) is 0.600. The van der Waals surface area contributed by atoms with Gasteiger partial charge in [0.2, 0.25) is 11.8 Å². The summed E-state index contributed by atoms with van der Waals surface area (Å²) in [6.45, 7) is 7.68.